The van der Waals surface area contributed by atoms with E-state index in [1.807, 2.05) is 48.5 Å². The quantitative estimate of drug-likeness (QED) is 0.411. The maximum Gasteiger partial charge on any atom is 2.00 e. The van der Waals surface area contributed by atoms with Gasteiger partial charge in [0.1, 0.15) is 0 Å². The van der Waals surface area contributed by atoms with Crippen LogP contribution in [0, 0.1) is 13.0 Å². The summed E-state index contributed by atoms with van der Waals surface area (Å²) in [4.78, 5) is 0. The first kappa shape index (κ1) is 14.6. The Morgan fingerprint density at radius 3 is 1.94 bits per heavy atom. The zero-order chi connectivity index (χ0) is 11.9. The van der Waals surface area contributed by atoms with Crippen molar-refractivity contribution < 1.29 is 0 Å². The van der Waals surface area contributed by atoms with Crippen LogP contribution in [0.25, 0.3) is 10.8 Å². The van der Waals surface area contributed by atoms with Crippen molar-refractivity contribution >= 4 is 33.8 Å². The summed E-state index contributed by atoms with van der Waals surface area (Å²) in [6, 6.07) is 27.0. The summed E-state index contributed by atoms with van der Waals surface area (Å²) < 4.78 is 0. The van der Waals surface area contributed by atoms with Crippen LogP contribution in [0.5, 0.6) is 0 Å². The molecule has 0 fully saturated rings. The Kier molecular flexibility index (Phi) is 6.33. The van der Waals surface area contributed by atoms with Crippen LogP contribution in [0.3, 0.4) is 0 Å². The third-order valence-corrected chi connectivity index (χ3v) is 2.42. The summed E-state index contributed by atoms with van der Waals surface area (Å²) in [5.41, 5.74) is 1.07. The van der Waals surface area contributed by atoms with Crippen molar-refractivity contribution in [3.05, 3.63) is 91.3 Å². The van der Waals surface area contributed by atoms with Gasteiger partial charge >= 0.3 is 23.1 Å². The summed E-state index contributed by atoms with van der Waals surface area (Å²) in [6.45, 7) is 3.87. The van der Waals surface area contributed by atoms with Gasteiger partial charge in [-0.15, -0.1) is 6.07 Å². The van der Waals surface area contributed by atoms with Crippen molar-refractivity contribution in [1.29, 1.82) is 0 Å². The predicted octanol–water partition coefficient (Wildman–Crippen LogP) is 4.13. The summed E-state index contributed by atoms with van der Waals surface area (Å²) in [5, 5.41) is 2.54. The van der Waals surface area contributed by atoms with Crippen molar-refractivity contribution in [2.45, 2.75) is 0 Å². The molecule has 18 heavy (non-hydrogen) atoms. The number of fused-ring (bicyclic) bond motifs is 1. The van der Waals surface area contributed by atoms with Gasteiger partial charge in [0.2, 0.25) is 0 Å². The van der Waals surface area contributed by atoms with E-state index in [2.05, 4.69) is 37.3 Å². The second kappa shape index (κ2) is 7.80. The molecule has 3 aromatic rings. The monoisotopic (exact) mass is 242 g/mol. The first-order valence-corrected chi connectivity index (χ1v) is 5.58. The molecule has 0 bridgehead atoms. The van der Waals surface area contributed by atoms with Gasteiger partial charge in [0, 0.05) is 0 Å². The molecule has 0 aliphatic rings. The van der Waals surface area contributed by atoms with Crippen LogP contribution < -0.4 is 0 Å². The molecule has 0 N–H and O–H groups in total. The average molecular weight is 243 g/mol. The predicted molar refractivity (Wildman–Crippen MR) is 79.4 cm³/mol. The van der Waals surface area contributed by atoms with Crippen LogP contribution in [0.15, 0.2) is 72.8 Å². The van der Waals surface area contributed by atoms with E-state index in [0.29, 0.717) is 0 Å². The van der Waals surface area contributed by atoms with Gasteiger partial charge in [-0.05, 0) is 5.39 Å². The zero-order valence-electron chi connectivity index (χ0n) is 10.3. The molecular formula is C17H14Mg. The molecule has 84 valence electrons. The van der Waals surface area contributed by atoms with Gasteiger partial charge in [-0.3, -0.25) is 0 Å². The summed E-state index contributed by atoms with van der Waals surface area (Å²) in [7, 11) is 0. The van der Waals surface area contributed by atoms with Gasteiger partial charge in [0.15, 0.2) is 0 Å². The molecule has 0 aliphatic heterocycles. The van der Waals surface area contributed by atoms with E-state index >= 15 is 0 Å². The van der Waals surface area contributed by atoms with Crippen LogP contribution in [-0.2, 0) is 0 Å². The van der Waals surface area contributed by atoms with Crippen molar-refractivity contribution in [1.82, 2.24) is 0 Å². The van der Waals surface area contributed by atoms with E-state index in [9.17, 15) is 0 Å². The minimum atomic E-state index is 0. The molecule has 0 amide bonds. The van der Waals surface area contributed by atoms with Crippen molar-refractivity contribution in [2.24, 2.45) is 0 Å². The fourth-order valence-corrected chi connectivity index (χ4v) is 1.58. The standard InChI is InChI=1S/C11H9.C6H5.Mg/c1-9-6-7-10-4-2-3-5-11(10)8-9;1-2-4-6-5-3-1;/h2-8H,1H2;1-5H;/q2*-1;+2. The molecule has 1 heteroatoms. The molecule has 0 saturated carbocycles. The van der Waals surface area contributed by atoms with E-state index in [1.165, 1.54) is 10.8 Å². The Labute approximate surface area is 125 Å². The average Bonchev–Trinajstić information content (AvgIpc) is 2.41. The van der Waals surface area contributed by atoms with Crippen LogP contribution >= 0.6 is 0 Å². The molecule has 0 saturated heterocycles. The molecule has 0 aromatic heterocycles. The van der Waals surface area contributed by atoms with Crippen molar-refractivity contribution in [3.63, 3.8) is 0 Å². The van der Waals surface area contributed by atoms with E-state index in [-0.39, 0.29) is 23.1 Å². The van der Waals surface area contributed by atoms with Crippen molar-refractivity contribution in [2.75, 3.05) is 0 Å². The molecule has 0 atom stereocenters. The largest absolute Gasteiger partial charge is 2.00 e. The van der Waals surface area contributed by atoms with Crippen LogP contribution in [0.2, 0.25) is 0 Å². The van der Waals surface area contributed by atoms with E-state index < -0.39 is 0 Å². The molecule has 0 nitrogen and oxygen atoms in total. The Bertz CT molecular complexity index is 546. The Morgan fingerprint density at radius 1 is 0.722 bits per heavy atom. The molecular weight excluding hydrogens is 228 g/mol. The Morgan fingerprint density at radius 2 is 1.39 bits per heavy atom. The first-order chi connectivity index (χ1) is 8.36. The van der Waals surface area contributed by atoms with E-state index in [1.54, 1.807) is 0 Å². The van der Waals surface area contributed by atoms with Crippen LogP contribution in [0.4, 0.5) is 0 Å². The maximum atomic E-state index is 3.87. The number of benzene rings is 3. The summed E-state index contributed by atoms with van der Waals surface area (Å²) in [6.07, 6.45) is 0. The van der Waals surface area contributed by atoms with Crippen molar-refractivity contribution in [3.8, 4) is 0 Å². The third kappa shape index (κ3) is 4.44. The topological polar surface area (TPSA) is 0 Å². The minimum Gasteiger partial charge on any atom is -0.199 e. The van der Waals surface area contributed by atoms with Crippen LogP contribution in [-0.4, -0.2) is 23.1 Å². The number of hydrogen-bond acceptors (Lipinski definition) is 0. The molecule has 0 aliphatic carbocycles. The van der Waals surface area contributed by atoms with Crippen LogP contribution in [0.1, 0.15) is 5.56 Å². The number of hydrogen-bond donors (Lipinski definition) is 0. The van der Waals surface area contributed by atoms with Gasteiger partial charge in [0.25, 0.3) is 0 Å². The minimum absolute atomic E-state index is 0. The normalized spacial score (nSPS) is 8.89. The van der Waals surface area contributed by atoms with Gasteiger partial charge in [-0.1, -0.05) is 29.7 Å². The van der Waals surface area contributed by atoms with Gasteiger partial charge in [0.05, 0.1) is 0 Å². The molecule has 0 unspecified atom stereocenters. The van der Waals surface area contributed by atoms with E-state index in [0.717, 1.165) is 5.56 Å². The Balaban J connectivity index is 0.000000199. The summed E-state index contributed by atoms with van der Waals surface area (Å²) >= 11 is 0. The fraction of sp³-hybridized carbons (Fsp3) is 0. The third-order valence-electron chi connectivity index (χ3n) is 2.42. The number of rotatable bonds is 0. The molecule has 0 spiro atoms. The fourth-order valence-electron chi connectivity index (χ4n) is 1.58. The second-order valence-corrected chi connectivity index (χ2v) is 3.76. The first-order valence-electron chi connectivity index (χ1n) is 5.58. The molecule has 3 rings (SSSR count). The molecule has 3 aromatic carbocycles. The SMILES string of the molecule is [CH2-]c1ccc2ccccc2c1.[Mg+2].[c-]1ccccc1. The zero-order valence-corrected chi connectivity index (χ0v) is 11.8. The second-order valence-electron chi connectivity index (χ2n) is 3.76. The molecule has 0 radical (unpaired) electrons. The molecule has 0 heterocycles. The smallest absolute Gasteiger partial charge is 0.199 e. The summed E-state index contributed by atoms with van der Waals surface area (Å²) in [5.74, 6) is 0. The van der Waals surface area contributed by atoms with Gasteiger partial charge in [-0.25, -0.2) is 0 Å². The van der Waals surface area contributed by atoms with E-state index in [4.69, 9.17) is 0 Å². The van der Waals surface area contributed by atoms with Gasteiger partial charge in [-0.2, -0.15) is 61.0 Å². The Hall–Kier alpha value is -1.44. The maximum absolute atomic E-state index is 3.87. The van der Waals surface area contributed by atoms with Gasteiger partial charge < -0.3 is 0 Å².